The van der Waals surface area contributed by atoms with Gasteiger partial charge < -0.3 is 9.84 Å². The molecule has 1 aromatic rings. The van der Waals surface area contributed by atoms with Gasteiger partial charge in [0.1, 0.15) is 0 Å². The molecule has 6 heteroatoms. The molecule has 23 heavy (non-hydrogen) atoms. The van der Waals surface area contributed by atoms with Crippen molar-refractivity contribution in [3.05, 3.63) is 40.8 Å². The van der Waals surface area contributed by atoms with E-state index in [1.807, 2.05) is 44.2 Å². The van der Waals surface area contributed by atoms with Crippen LogP contribution in [-0.2, 0) is 14.3 Å². The first-order valence-corrected chi connectivity index (χ1v) is 8.56. The lowest BCUT2D eigenvalue weighted by Crippen LogP contribution is -2.35. The van der Waals surface area contributed by atoms with Crippen LogP contribution in [0.5, 0.6) is 0 Å². The fourth-order valence-corrected chi connectivity index (χ4v) is 3.16. The maximum absolute atomic E-state index is 12.7. The minimum absolute atomic E-state index is 0.0475. The number of rotatable bonds is 8. The minimum Gasteiger partial charge on any atom is -0.396 e. The highest BCUT2D eigenvalue weighted by molar-refractivity contribution is 8.04. The van der Waals surface area contributed by atoms with Gasteiger partial charge in [0.15, 0.2) is 0 Å². The Morgan fingerprint density at radius 2 is 1.87 bits per heavy atom. The van der Waals surface area contributed by atoms with Gasteiger partial charge in [-0.25, -0.2) is 0 Å². The van der Waals surface area contributed by atoms with Gasteiger partial charge in [0.25, 0.3) is 11.8 Å². The molecule has 0 unspecified atom stereocenters. The summed E-state index contributed by atoms with van der Waals surface area (Å²) >= 11 is 1.22. The normalized spacial score (nSPS) is 15.2. The van der Waals surface area contributed by atoms with Crippen molar-refractivity contribution < 1.29 is 19.4 Å². The molecule has 0 radical (unpaired) electrons. The number of amides is 2. The highest BCUT2D eigenvalue weighted by Gasteiger charge is 2.38. The summed E-state index contributed by atoms with van der Waals surface area (Å²) in [5, 5.41) is 9.03. The highest BCUT2D eigenvalue weighted by Crippen LogP contribution is 2.35. The Labute approximate surface area is 140 Å². The van der Waals surface area contributed by atoms with Crippen LogP contribution in [0.2, 0.25) is 0 Å². The molecule has 1 N–H and O–H groups in total. The van der Waals surface area contributed by atoms with Gasteiger partial charge in [-0.3, -0.25) is 14.5 Å². The zero-order valence-electron chi connectivity index (χ0n) is 13.3. The summed E-state index contributed by atoms with van der Waals surface area (Å²) in [5.74, 6) is -0.227. The molecule has 0 spiro atoms. The van der Waals surface area contributed by atoms with Crippen molar-refractivity contribution in [3.8, 4) is 0 Å². The molecule has 0 aromatic heterocycles. The van der Waals surface area contributed by atoms with Gasteiger partial charge in [-0.15, -0.1) is 11.8 Å². The average molecular weight is 335 g/mol. The van der Waals surface area contributed by atoms with Crippen molar-refractivity contribution in [2.75, 3.05) is 25.5 Å². The minimum atomic E-state index is -0.306. The first-order valence-electron chi connectivity index (χ1n) is 7.57. The molecule has 0 saturated carbocycles. The van der Waals surface area contributed by atoms with Crippen molar-refractivity contribution in [1.29, 1.82) is 0 Å². The smallest absolute Gasteiger partial charge is 0.268 e. The van der Waals surface area contributed by atoms with Crippen LogP contribution in [0.25, 0.3) is 5.57 Å². The first kappa shape index (κ1) is 17.7. The van der Waals surface area contributed by atoms with E-state index in [-0.39, 0.29) is 31.1 Å². The van der Waals surface area contributed by atoms with E-state index >= 15 is 0 Å². The van der Waals surface area contributed by atoms with E-state index < -0.39 is 0 Å². The Bertz CT molecular complexity index is 598. The molecule has 1 aliphatic heterocycles. The van der Waals surface area contributed by atoms with Crippen LogP contribution in [0, 0.1) is 0 Å². The van der Waals surface area contributed by atoms with Crippen LogP contribution in [0.4, 0.5) is 0 Å². The van der Waals surface area contributed by atoms with Crippen LogP contribution < -0.4 is 0 Å². The summed E-state index contributed by atoms with van der Waals surface area (Å²) in [6.45, 7) is 4.31. The van der Waals surface area contributed by atoms with Gasteiger partial charge in [0.2, 0.25) is 0 Å². The predicted octanol–water partition coefficient (Wildman–Crippen LogP) is 1.92. The zero-order chi connectivity index (χ0) is 16.8. The van der Waals surface area contributed by atoms with E-state index in [1.165, 1.54) is 16.7 Å². The zero-order valence-corrected chi connectivity index (χ0v) is 14.1. The van der Waals surface area contributed by atoms with E-state index in [1.54, 1.807) is 0 Å². The quantitative estimate of drug-likeness (QED) is 0.735. The third-order valence-corrected chi connectivity index (χ3v) is 4.35. The third-order valence-electron chi connectivity index (χ3n) is 3.29. The van der Waals surface area contributed by atoms with E-state index in [2.05, 4.69) is 0 Å². The Kier molecular flexibility index (Phi) is 6.38. The van der Waals surface area contributed by atoms with Gasteiger partial charge >= 0.3 is 0 Å². The molecule has 124 valence electrons. The molecule has 1 aromatic carbocycles. The fraction of sp³-hybridized carbons (Fsp3) is 0.412. The Morgan fingerprint density at radius 3 is 2.48 bits per heavy atom. The van der Waals surface area contributed by atoms with Crippen molar-refractivity contribution in [2.45, 2.75) is 20.0 Å². The number of hydrogen-bond acceptors (Lipinski definition) is 5. The lowest BCUT2D eigenvalue weighted by atomic mass is 10.1. The maximum Gasteiger partial charge on any atom is 0.268 e. The van der Waals surface area contributed by atoms with Crippen molar-refractivity contribution >= 4 is 29.1 Å². The summed E-state index contributed by atoms with van der Waals surface area (Å²) in [4.78, 5) is 26.9. The number of aliphatic hydroxyl groups is 1. The standard InChI is InChI=1S/C17H21NO4S/c1-12(2)22-10-8-18-16(20)14(13-6-4-3-5-7-13)15(17(18)21)23-11-9-19/h3-7,12,19H,8-11H2,1-2H3. The van der Waals surface area contributed by atoms with Gasteiger partial charge in [-0.1, -0.05) is 30.3 Å². The van der Waals surface area contributed by atoms with Crippen LogP contribution in [-0.4, -0.2) is 53.4 Å². The average Bonchev–Trinajstić information content (AvgIpc) is 2.77. The van der Waals surface area contributed by atoms with E-state index in [9.17, 15) is 9.59 Å². The van der Waals surface area contributed by atoms with Crippen LogP contribution >= 0.6 is 11.8 Å². The second kappa shape index (κ2) is 8.29. The van der Waals surface area contributed by atoms with Gasteiger partial charge in [0, 0.05) is 5.75 Å². The van der Waals surface area contributed by atoms with Crippen LogP contribution in [0.1, 0.15) is 19.4 Å². The van der Waals surface area contributed by atoms with Crippen LogP contribution in [0.15, 0.2) is 35.2 Å². The molecular weight excluding hydrogens is 314 g/mol. The SMILES string of the molecule is CC(C)OCCN1C(=O)C(SCCO)=C(c2ccccc2)C1=O. The van der Waals surface area contributed by atoms with E-state index in [4.69, 9.17) is 9.84 Å². The number of imide groups is 1. The molecule has 0 saturated heterocycles. The number of thioether (sulfide) groups is 1. The number of benzene rings is 1. The molecule has 0 bridgehead atoms. The number of nitrogens with zero attached hydrogens (tertiary/aromatic N) is 1. The summed E-state index contributed by atoms with van der Waals surface area (Å²) in [7, 11) is 0. The van der Waals surface area contributed by atoms with Crippen molar-refractivity contribution in [1.82, 2.24) is 4.90 Å². The second-order valence-electron chi connectivity index (χ2n) is 5.32. The molecule has 0 fully saturated rings. The lowest BCUT2D eigenvalue weighted by molar-refractivity contribution is -0.137. The monoisotopic (exact) mass is 335 g/mol. The molecule has 2 rings (SSSR count). The maximum atomic E-state index is 12.7. The number of aliphatic hydroxyl groups excluding tert-OH is 1. The molecule has 0 atom stereocenters. The van der Waals surface area contributed by atoms with Crippen molar-refractivity contribution in [2.24, 2.45) is 0 Å². The molecule has 2 amide bonds. The Balaban J connectivity index is 2.24. The summed E-state index contributed by atoms with van der Waals surface area (Å²) < 4.78 is 5.45. The molecule has 1 aliphatic rings. The van der Waals surface area contributed by atoms with Gasteiger partial charge in [-0.2, -0.15) is 0 Å². The van der Waals surface area contributed by atoms with Gasteiger partial charge in [-0.05, 0) is 19.4 Å². The number of carbonyl (C=O) groups excluding carboxylic acids is 2. The van der Waals surface area contributed by atoms with Crippen LogP contribution in [0.3, 0.4) is 0 Å². The Hall–Kier alpha value is -1.63. The predicted molar refractivity (Wildman–Crippen MR) is 90.7 cm³/mol. The van der Waals surface area contributed by atoms with Gasteiger partial charge in [0.05, 0.1) is 36.3 Å². The number of carbonyl (C=O) groups is 2. The summed E-state index contributed by atoms with van der Waals surface area (Å²) in [6, 6.07) is 9.15. The largest absolute Gasteiger partial charge is 0.396 e. The first-order chi connectivity index (χ1) is 11.1. The summed E-state index contributed by atoms with van der Waals surface area (Å²) in [6.07, 6.45) is 0.0487. The molecule has 0 aliphatic carbocycles. The fourth-order valence-electron chi connectivity index (χ4n) is 2.28. The molecule has 5 nitrogen and oxygen atoms in total. The third kappa shape index (κ3) is 4.22. The topological polar surface area (TPSA) is 66.8 Å². The number of ether oxygens (including phenoxy) is 1. The van der Waals surface area contributed by atoms with E-state index in [0.29, 0.717) is 22.8 Å². The lowest BCUT2D eigenvalue weighted by Gasteiger charge is -2.16. The Morgan fingerprint density at radius 1 is 1.17 bits per heavy atom. The molecule has 1 heterocycles. The molecular formula is C17H21NO4S. The number of hydrogen-bond donors (Lipinski definition) is 1. The second-order valence-corrected chi connectivity index (χ2v) is 6.43. The van der Waals surface area contributed by atoms with Crippen molar-refractivity contribution in [3.63, 3.8) is 0 Å². The highest BCUT2D eigenvalue weighted by atomic mass is 32.2. The summed E-state index contributed by atoms with van der Waals surface area (Å²) in [5.41, 5.74) is 1.14. The van der Waals surface area contributed by atoms with E-state index in [0.717, 1.165) is 5.56 Å².